The summed E-state index contributed by atoms with van der Waals surface area (Å²) in [5.41, 5.74) is 4.43. The summed E-state index contributed by atoms with van der Waals surface area (Å²) in [4.78, 5) is 14.3. The van der Waals surface area contributed by atoms with Crippen LogP contribution in [0.5, 0.6) is 0 Å². The number of hydrogen-bond acceptors (Lipinski definition) is 3. The molecule has 0 aromatic carbocycles. The second-order valence-corrected chi connectivity index (χ2v) is 6.59. The fourth-order valence-electron chi connectivity index (χ4n) is 3.30. The van der Waals surface area contributed by atoms with Crippen molar-refractivity contribution in [3.05, 3.63) is 83.7 Å². The molecule has 4 heterocycles. The topological polar surface area (TPSA) is 56.8 Å². The molecule has 6 heteroatoms. The number of pyridine rings is 2. The number of aromatic nitrogens is 3. The molecule has 5 nitrogen and oxygen atoms in total. The summed E-state index contributed by atoms with van der Waals surface area (Å²) in [6.07, 6.45) is 5.44. The van der Waals surface area contributed by atoms with Gasteiger partial charge in [0.25, 0.3) is 0 Å². The maximum absolute atomic E-state index is 5.66. The number of nitrogens with zero attached hydrogens (tertiary/aromatic N) is 3. The predicted molar refractivity (Wildman–Crippen MR) is 101 cm³/mol. The summed E-state index contributed by atoms with van der Waals surface area (Å²) in [6, 6.07) is 14.3. The Balaban J connectivity index is 1.72. The third-order valence-corrected chi connectivity index (χ3v) is 4.83. The van der Waals surface area contributed by atoms with E-state index in [9.17, 15) is 0 Å². The van der Waals surface area contributed by atoms with E-state index < -0.39 is 0 Å². The smallest absolute Gasteiger partial charge is 0.170 e. The molecule has 0 unspecified atom stereocenters. The number of hydrogen-bond donors (Lipinski definition) is 2. The third-order valence-electron chi connectivity index (χ3n) is 4.47. The lowest BCUT2D eigenvalue weighted by Gasteiger charge is -2.27. The molecule has 126 valence electrons. The van der Waals surface area contributed by atoms with E-state index >= 15 is 0 Å². The second-order valence-electron chi connectivity index (χ2n) is 6.21. The van der Waals surface area contributed by atoms with E-state index in [2.05, 4.69) is 44.2 Å². The van der Waals surface area contributed by atoms with E-state index in [1.807, 2.05) is 48.9 Å². The molecule has 0 aliphatic carbocycles. The maximum atomic E-state index is 5.66. The predicted octanol–water partition coefficient (Wildman–Crippen LogP) is 3.29. The van der Waals surface area contributed by atoms with Gasteiger partial charge in [-0.05, 0) is 61.1 Å². The zero-order valence-electron chi connectivity index (χ0n) is 13.9. The van der Waals surface area contributed by atoms with Crippen LogP contribution >= 0.6 is 12.2 Å². The number of thiocarbonyl (C=S) groups is 1. The minimum Gasteiger partial charge on any atom is -0.361 e. The number of aromatic amines is 1. The summed E-state index contributed by atoms with van der Waals surface area (Å²) in [7, 11) is 0. The lowest BCUT2D eigenvalue weighted by atomic mass is 10.0. The van der Waals surface area contributed by atoms with E-state index in [1.54, 1.807) is 0 Å². The van der Waals surface area contributed by atoms with Gasteiger partial charge >= 0.3 is 0 Å². The highest BCUT2D eigenvalue weighted by molar-refractivity contribution is 7.80. The van der Waals surface area contributed by atoms with Crippen LogP contribution in [0.2, 0.25) is 0 Å². The Morgan fingerprint density at radius 2 is 1.92 bits per heavy atom. The van der Waals surface area contributed by atoms with Gasteiger partial charge in [-0.1, -0.05) is 6.07 Å². The first-order valence-electron chi connectivity index (χ1n) is 8.25. The summed E-state index contributed by atoms with van der Waals surface area (Å²) in [5, 5.41) is 4.20. The minimum atomic E-state index is 0.00795. The van der Waals surface area contributed by atoms with E-state index in [0.717, 1.165) is 28.7 Å². The quantitative estimate of drug-likeness (QED) is 0.708. The van der Waals surface area contributed by atoms with Gasteiger partial charge in [0, 0.05) is 36.5 Å². The summed E-state index contributed by atoms with van der Waals surface area (Å²) < 4.78 is 0. The van der Waals surface area contributed by atoms with Crippen LogP contribution in [0.25, 0.3) is 0 Å². The van der Waals surface area contributed by atoms with E-state index in [-0.39, 0.29) is 12.1 Å². The highest BCUT2D eigenvalue weighted by Gasteiger charge is 2.40. The average molecular weight is 349 g/mol. The standard InChI is InChI=1S/C19H19N5S/c1-13-5-6-16(22-13)18-17(15-4-2-3-9-21-15)23-19(25)24(18)12-14-7-10-20-11-8-14/h2-11,17-18,22H,12H2,1H3,(H,23,25)/t17-,18-/m1/s1. The van der Waals surface area contributed by atoms with Crippen molar-refractivity contribution >= 4 is 17.3 Å². The van der Waals surface area contributed by atoms with Gasteiger partial charge in [-0.2, -0.15) is 0 Å². The van der Waals surface area contributed by atoms with Crippen molar-refractivity contribution in [3.63, 3.8) is 0 Å². The monoisotopic (exact) mass is 349 g/mol. The molecule has 2 N–H and O–H groups in total. The van der Waals surface area contributed by atoms with Gasteiger partial charge in [0.1, 0.15) is 0 Å². The van der Waals surface area contributed by atoms with Crippen LogP contribution < -0.4 is 5.32 Å². The van der Waals surface area contributed by atoms with Gasteiger partial charge in [0.2, 0.25) is 0 Å². The van der Waals surface area contributed by atoms with Crippen molar-refractivity contribution in [1.29, 1.82) is 0 Å². The molecule has 3 aromatic rings. The van der Waals surface area contributed by atoms with Gasteiger partial charge in [-0.25, -0.2) is 0 Å². The Kier molecular flexibility index (Phi) is 4.19. The summed E-state index contributed by atoms with van der Waals surface area (Å²) in [6.45, 7) is 2.79. The van der Waals surface area contributed by atoms with Crippen molar-refractivity contribution in [2.24, 2.45) is 0 Å². The highest BCUT2D eigenvalue weighted by Crippen LogP contribution is 2.38. The van der Waals surface area contributed by atoms with E-state index in [0.29, 0.717) is 0 Å². The first-order valence-corrected chi connectivity index (χ1v) is 8.65. The Morgan fingerprint density at radius 3 is 2.60 bits per heavy atom. The molecule has 0 bridgehead atoms. The molecule has 0 spiro atoms. The molecule has 0 radical (unpaired) electrons. The van der Waals surface area contributed by atoms with Crippen LogP contribution in [0, 0.1) is 6.92 Å². The van der Waals surface area contributed by atoms with Crippen LogP contribution in [0.15, 0.2) is 61.1 Å². The molecule has 3 aromatic heterocycles. The Hall–Kier alpha value is -2.73. The van der Waals surface area contributed by atoms with Gasteiger partial charge < -0.3 is 15.2 Å². The minimum absolute atomic E-state index is 0.00795. The number of nitrogens with one attached hydrogen (secondary N) is 2. The van der Waals surface area contributed by atoms with E-state index in [1.165, 1.54) is 5.56 Å². The Bertz CT molecular complexity index is 862. The van der Waals surface area contributed by atoms with Crippen LogP contribution in [0.1, 0.15) is 34.7 Å². The molecular weight excluding hydrogens is 330 g/mol. The third kappa shape index (κ3) is 3.13. The Morgan fingerprint density at radius 1 is 1.08 bits per heavy atom. The lowest BCUT2D eigenvalue weighted by molar-refractivity contribution is 0.305. The number of H-pyrrole nitrogens is 1. The second kappa shape index (κ2) is 6.64. The molecule has 0 amide bonds. The van der Waals surface area contributed by atoms with Gasteiger partial charge in [-0.3, -0.25) is 9.97 Å². The first-order chi connectivity index (χ1) is 12.2. The van der Waals surface area contributed by atoms with Crippen molar-refractivity contribution in [3.8, 4) is 0 Å². The molecule has 1 aliphatic heterocycles. The van der Waals surface area contributed by atoms with Crippen molar-refractivity contribution in [2.75, 3.05) is 0 Å². The molecule has 1 saturated heterocycles. The Labute approximate surface area is 152 Å². The fourth-order valence-corrected chi connectivity index (χ4v) is 3.60. The van der Waals surface area contributed by atoms with Crippen LogP contribution in [0.3, 0.4) is 0 Å². The normalized spacial score (nSPS) is 19.9. The highest BCUT2D eigenvalue weighted by atomic mass is 32.1. The van der Waals surface area contributed by atoms with Gasteiger partial charge in [0.05, 0.1) is 17.8 Å². The number of aryl methyl sites for hydroxylation is 1. The van der Waals surface area contributed by atoms with E-state index in [4.69, 9.17) is 12.2 Å². The summed E-state index contributed by atoms with van der Waals surface area (Å²) in [5.74, 6) is 0. The molecular formula is C19H19N5S. The molecule has 1 fully saturated rings. The van der Waals surface area contributed by atoms with Gasteiger partial charge in [0.15, 0.2) is 5.11 Å². The van der Waals surface area contributed by atoms with Crippen molar-refractivity contribution in [2.45, 2.75) is 25.6 Å². The first kappa shape index (κ1) is 15.8. The van der Waals surface area contributed by atoms with Crippen molar-refractivity contribution in [1.82, 2.24) is 25.2 Å². The summed E-state index contributed by atoms with van der Waals surface area (Å²) >= 11 is 5.66. The van der Waals surface area contributed by atoms with Gasteiger partial charge in [-0.15, -0.1) is 0 Å². The SMILES string of the molecule is Cc1ccc([C@@H]2[C@@H](c3ccccn3)NC(=S)N2Cc2ccncc2)[nH]1. The average Bonchev–Trinajstić information content (AvgIpc) is 3.20. The zero-order chi connectivity index (χ0) is 17.2. The van der Waals surface area contributed by atoms with Crippen molar-refractivity contribution < 1.29 is 0 Å². The largest absolute Gasteiger partial charge is 0.361 e. The van der Waals surface area contributed by atoms with Crippen LogP contribution in [-0.2, 0) is 6.54 Å². The molecule has 25 heavy (non-hydrogen) atoms. The molecule has 0 saturated carbocycles. The van der Waals surface area contributed by atoms with Crippen LogP contribution in [0.4, 0.5) is 0 Å². The fraction of sp³-hybridized carbons (Fsp3) is 0.211. The number of rotatable bonds is 4. The molecule has 4 rings (SSSR count). The zero-order valence-corrected chi connectivity index (χ0v) is 14.7. The maximum Gasteiger partial charge on any atom is 0.170 e. The molecule has 2 atom stereocenters. The lowest BCUT2D eigenvalue weighted by Crippen LogP contribution is -2.29. The van der Waals surface area contributed by atoms with Crippen LogP contribution in [-0.4, -0.2) is 25.0 Å². The molecule has 1 aliphatic rings.